The van der Waals surface area contributed by atoms with Crippen molar-refractivity contribution in [2.45, 2.75) is 38.7 Å². The Morgan fingerprint density at radius 3 is 2.63 bits per heavy atom. The van der Waals surface area contributed by atoms with Crippen molar-refractivity contribution in [1.82, 2.24) is 0 Å². The highest BCUT2D eigenvalue weighted by atomic mass is 16.3. The molecule has 1 aliphatic rings. The van der Waals surface area contributed by atoms with Crippen LogP contribution in [0, 0.1) is 13.8 Å². The predicted octanol–water partition coefficient (Wildman–Crippen LogP) is 3.68. The van der Waals surface area contributed by atoms with Crippen LogP contribution in [0.25, 0.3) is 0 Å². The minimum absolute atomic E-state index is 0.682. The SMILES string of the molecule is Cc1ccc(CC2(O)CCc3ccccc32)cc1C. The van der Waals surface area contributed by atoms with E-state index in [2.05, 4.69) is 50.2 Å². The van der Waals surface area contributed by atoms with E-state index in [-0.39, 0.29) is 0 Å². The van der Waals surface area contributed by atoms with E-state index in [1.807, 2.05) is 6.07 Å². The fourth-order valence-electron chi connectivity index (χ4n) is 3.10. The second-order valence-electron chi connectivity index (χ2n) is 5.78. The zero-order valence-electron chi connectivity index (χ0n) is 11.6. The normalized spacial score (nSPS) is 21.4. The third-order valence-corrected chi connectivity index (χ3v) is 4.39. The van der Waals surface area contributed by atoms with Crippen LogP contribution in [0.1, 0.15) is 34.2 Å². The van der Waals surface area contributed by atoms with Crippen molar-refractivity contribution in [3.8, 4) is 0 Å². The average molecular weight is 252 g/mol. The highest BCUT2D eigenvalue weighted by Gasteiger charge is 2.36. The van der Waals surface area contributed by atoms with Crippen molar-refractivity contribution < 1.29 is 5.11 Å². The maximum atomic E-state index is 11.0. The first-order valence-electron chi connectivity index (χ1n) is 6.95. The molecule has 0 spiro atoms. The molecule has 0 saturated carbocycles. The molecule has 0 radical (unpaired) electrons. The molecule has 0 fully saturated rings. The predicted molar refractivity (Wildman–Crippen MR) is 78.3 cm³/mol. The van der Waals surface area contributed by atoms with Crippen LogP contribution in [0.4, 0.5) is 0 Å². The van der Waals surface area contributed by atoms with E-state index in [4.69, 9.17) is 0 Å². The number of aryl methyl sites for hydroxylation is 3. The van der Waals surface area contributed by atoms with Crippen molar-refractivity contribution >= 4 is 0 Å². The minimum atomic E-state index is -0.682. The van der Waals surface area contributed by atoms with Crippen LogP contribution in [0.3, 0.4) is 0 Å². The van der Waals surface area contributed by atoms with Crippen molar-refractivity contribution in [3.05, 3.63) is 70.3 Å². The molecule has 0 saturated heterocycles. The van der Waals surface area contributed by atoms with Gasteiger partial charge >= 0.3 is 0 Å². The molecule has 2 aromatic rings. The van der Waals surface area contributed by atoms with Gasteiger partial charge in [-0.2, -0.15) is 0 Å². The summed E-state index contributed by atoms with van der Waals surface area (Å²) in [6.07, 6.45) is 2.53. The van der Waals surface area contributed by atoms with Gasteiger partial charge in [-0.05, 0) is 54.5 Å². The molecule has 1 nitrogen and oxygen atoms in total. The summed E-state index contributed by atoms with van der Waals surface area (Å²) in [5, 5.41) is 11.0. The Morgan fingerprint density at radius 2 is 1.84 bits per heavy atom. The topological polar surface area (TPSA) is 20.2 Å². The van der Waals surface area contributed by atoms with E-state index in [1.165, 1.54) is 22.3 Å². The Labute approximate surface area is 114 Å². The van der Waals surface area contributed by atoms with Gasteiger partial charge in [-0.15, -0.1) is 0 Å². The number of hydrogen-bond acceptors (Lipinski definition) is 1. The van der Waals surface area contributed by atoms with Gasteiger partial charge in [-0.3, -0.25) is 0 Å². The van der Waals surface area contributed by atoms with Crippen LogP contribution >= 0.6 is 0 Å². The average Bonchev–Trinajstić information content (AvgIpc) is 2.73. The molecule has 0 aromatic heterocycles. The summed E-state index contributed by atoms with van der Waals surface area (Å²) >= 11 is 0. The van der Waals surface area contributed by atoms with Crippen molar-refractivity contribution in [2.75, 3.05) is 0 Å². The first-order valence-corrected chi connectivity index (χ1v) is 6.95. The molecule has 0 amide bonds. The molecule has 0 aliphatic heterocycles. The lowest BCUT2D eigenvalue weighted by atomic mass is 9.88. The smallest absolute Gasteiger partial charge is 0.0942 e. The van der Waals surface area contributed by atoms with Crippen LogP contribution in [0.15, 0.2) is 42.5 Å². The highest BCUT2D eigenvalue weighted by molar-refractivity contribution is 5.39. The van der Waals surface area contributed by atoms with Gasteiger partial charge in [0.25, 0.3) is 0 Å². The maximum Gasteiger partial charge on any atom is 0.0942 e. The van der Waals surface area contributed by atoms with Gasteiger partial charge in [0.15, 0.2) is 0 Å². The maximum absolute atomic E-state index is 11.0. The largest absolute Gasteiger partial charge is 0.385 e. The molecule has 98 valence electrons. The number of rotatable bonds is 2. The van der Waals surface area contributed by atoms with Crippen LogP contribution < -0.4 is 0 Å². The van der Waals surface area contributed by atoms with E-state index in [0.29, 0.717) is 6.42 Å². The summed E-state index contributed by atoms with van der Waals surface area (Å²) in [6.45, 7) is 4.25. The molecule has 1 heteroatoms. The molecule has 19 heavy (non-hydrogen) atoms. The van der Waals surface area contributed by atoms with Gasteiger partial charge in [0.05, 0.1) is 5.60 Å². The molecule has 3 rings (SSSR count). The molecule has 0 bridgehead atoms. The Bertz CT molecular complexity index is 615. The lowest BCUT2D eigenvalue weighted by Gasteiger charge is -2.24. The summed E-state index contributed by atoms with van der Waals surface area (Å²) < 4.78 is 0. The Kier molecular flexibility index (Phi) is 2.94. The van der Waals surface area contributed by atoms with Crippen LogP contribution in [0.5, 0.6) is 0 Å². The second-order valence-corrected chi connectivity index (χ2v) is 5.78. The third kappa shape index (κ3) is 2.19. The number of fused-ring (bicyclic) bond motifs is 1. The van der Waals surface area contributed by atoms with Gasteiger partial charge in [0.1, 0.15) is 0 Å². The standard InChI is InChI=1S/C18H20O/c1-13-7-8-15(11-14(13)2)12-18(19)10-9-16-5-3-4-6-17(16)18/h3-8,11,19H,9-10,12H2,1-2H3. The highest BCUT2D eigenvalue weighted by Crippen LogP contribution is 2.39. The molecule has 1 atom stereocenters. The summed E-state index contributed by atoms with van der Waals surface area (Å²) in [5.41, 5.74) is 5.57. The zero-order valence-corrected chi connectivity index (χ0v) is 11.6. The van der Waals surface area contributed by atoms with E-state index < -0.39 is 5.60 Å². The van der Waals surface area contributed by atoms with E-state index in [0.717, 1.165) is 18.4 Å². The fraction of sp³-hybridized carbons (Fsp3) is 0.333. The van der Waals surface area contributed by atoms with Gasteiger partial charge in [0, 0.05) is 6.42 Å². The van der Waals surface area contributed by atoms with Crippen molar-refractivity contribution in [1.29, 1.82) is 0 Å². The first-order chi connectivity index (χ1) is 9.08. The number of benzene rings is 2. The van der Waals surface area contributed by atoms with Crippen LogP contribution in [0.2, 0.25) is 0 Å². The van der Waals surface area contributed by atoms with E-state index >= 15 is 0 Å². The molecule has 1 unspecified atom stereocenters. The van der Waals surface area contributed by atoms with Gasteiger partial charge in [0.2, 0.25) is 0 Å². The molecular weight excluding hydrogens is 232 g/mol. The lowest BCUT2D eigenvalue weighted by molar-refractivity contribution is 0.0389. The molecule has 0 heterocycles. The van der Waals surface area contributed by atoms with Crippen molar-refractivity contribution in [3.63, 3.8) is 0 Å². The Morgan fingerprint density at radius 1 is 1.05 bits per heavy atom. The van der Waals surface area contributed by atoms with Crippen LogP contribution in [-0.2, 0) is 18.4 Å². The van der Waals surface area contributed by atoms with Gasteiger partial charge in [-0.1, -0.05) is 42.5 Å². The molecule has 1 N–H and O–H groups in total. The molecule has 1 aliphatic carbocycles. The van der Waals surface area contributed by atoms with Crippen LogP contribution in [-0.4, -0.2) is 5.11 Å². The number of aliphatic hydroxyl groups is 1. The molecular formula is C18H20O. The van der Waals surface area contributed by atoms with E-state index in [9.17, 15) is 5.11 Å². The first kappa shape index (κ1) is 12.4. The zero-order chi connectivity index (χ0) is 13.5. The minimum Gasteiger partial charge on any atom is -0.385 e. The third-order valence-electron chi connectivity index (χ3n) is 4.39. The summed E-state index contributed by atoms with van der Waals surface area (Å²) in [5.74, 6) is 0. The lowest BCUT2D eigenvalue weighted by Crippen LogP contribution is -2.25. The van der Waals surface area contributed by atoms with E-state index in [1.54, 1.807) is 0 Å². The Hall–Kier alpha value is -1.60. The fourth-order valence-corrected chi connectivity index (χ4v) is 3.10. The monoisotopic (exact) mass is 252 g/mol. The number of hydrogen-bond donors (Lipinski definition) is 1. The van der Waals surface area contributed by atoms with Gasteiger partial charge in [-0.25, -0.2) is 0 Å². The summed E-state index contributed by atoms with van der Waals surface area (Å²) in [6, 6.07) is 14.8. The molecule has 2 aromatic carbocycles. The Balaban J connectivity index is 1.93. The second kappa shape index (κ2) is 4.50. The van der Waals surface area contributed by atoms with Crippen molar-refractivity contribution in [2.24, 2.45) is 0 Å². The van der Waals surface area contributed by atoms with Gasteiger partial charge < -0.3 is 5.11 Å². The quantitative estimate of drug-likeness (QED) is 0.864. The summed E-state index contributed by atoms with van der Waals surface area (Å²) in [7, 11) is 0. The summed E-state index contributed by atoms with van der Waals surface area (Å²) in [4.78, 5) is 0.